The number of aromatic nitrogens is 4. The number of carbonyl (C=O) groups excluding carboxylic acids is 1. The number of hydrogen-bond donors (Lipinski definition) is 3. The van der Waals surface area contributed by atoms with Crippen molar-refractivity contribution in [2.75, 3.05) is 64.1 Å². The van der Waals surface area contributed by atoms with Crippen molar-refractivity contribution < 1.29 is 18.7 Å². The number of hydrogen-bond acceptors (Lipinski definition) is 9. The highest BCUT2D eigenvalue weighted by molar-refractivity contribution is 5.93. The molecule has 4 aromatic rings. The largest absolute Gasteiger partial charge is 0.493 e. The fourth-order valence-electron chi connectivity index (χ4n) is 4.56. The summed E-state index contributed by atoms with van der Waals surface area (Å²) in [5.74, 6) is 1.52. The van der Waals surface area contributed by atoms with Gasteiger partial charge in [-0.1, -0.05) is 6.07 Å². The molecule has 210 valence electrons. The summed E-state index contributed by atoms with van der Waals surface area (Å²) in [6, 6.07) is 11.2. The Morgan fingerprint density at radius 3 is 2.75 bits per heavy atom. The maximum atomic E-state index is 13.4. The van der Waals surface area contributed by atoms with Crippen LogP contribution in [0.15, 0.2) is 48.8 Å². The first-order chi connectivity index (χ1) is 19.5. The lowest BCUT2D eigenvalue weighted by Gasteiger charge is -2.32. The van der Waals surface area contributed by atoms with E-state index in [1.807, 2.05) is 12.1 Å². The number of methoxy groups -OCH3 is 1. The number of rotatable bonds is 11. The molecule has 5 rings (SSSR count). The Labute approximate surface area is 231 Å². The lowest BCUT2D eigenvalue weighted by atomic mass is 10.2. The molecule has 0 spiro atoms. The van der Waals surface area contributed by atoms with Crippen LogP contribution in [-0.4, -0.2) is 89.4 Å². The molecule has 0 atom stereocenters. The Hall–Kier alpha value is -4.29. The van der Waals surface area contributed by atoms with Crippen LogP contribution in [0.3, 0.4) is 0 Å². The highest BCUT2D eigenvalue weighted by Crippen LogP contribution is 2.34. The van der Waals surface area contributed by atoms with Gasteiger partial charge < -0.3 is 29.9 Å². The van der Waals surface area contributed by atoms with E-state index in [1.54, 1.807) is 19.2 Å². The highest BCUT2D eigenvalue weighted by Gasteiger charge is 2.15. The van der Waals surface area contributed by atoms with E-state index in [9.17, 15) is 9.18 Å². The number of halogens is 1. The van der Waals surface area contributed by atoms with E-state index in [0.29, 0.717) is 46.6 Å². The first-order valence-electron chi connectivity index (χ1n) is 13.2. The molecule has 3 heterocycles. The molecule has 3 N–H and O–H groups in total. The van der Waals surface area contributed by atoms with Crippen molar-refractivity contribution >= 4 is 34.1 Å². The summed E-state index contributed by atoms with van der Waals surface area (Å²) >= 11 is 0. The summed E-state index contributed by atoms with van der Waals surface area (Å²) < 4.78 is 25.1. The van der Waals surface area contributed by atoms with Crippen LogP contribution in [0.25, 0.3) is 10.9 Å². The van der Waals surface area contributed by atoms with Gasteiger partial charge in [0.05, 0.1) is 25.7 Å². The number of piperazine rings is 1. The van der Waals surface area contributed by atoms with Crippen LogP contribution in [-0.2, 0) is 11.2 Å². The molecule has 0 radical (unpaired) electrons. The summed E-state index contributed by atoms with van der Waals surface area (Å²) in [5, 5.41) is 13.7. The Bertz CT molecular complexity index is 1450. The summed E-state index contributed by atoms with van der Waals surface area (Å²) in [6.45, 7) is 5.94. The third kappa shape index (κ3) is 7.01. The topological polar surface area (TPSA) is 121 Å². The van der Waals surface area contributed by atoms with Gasteiger partial charge in [-0.2, -0.15) is 5.10 Å². The van der Waals surface area contributed by atoms with Crippen LogP contribution in [0.2, 0.25) is 0 Å². The molecule has 0 bridgehead atoms. The maximum Gasteiger partial charge on any atom is 0.230 e. The smallest absolute Gasteiger partial charge is 0.230 e. The molecule has 1 aliphatic rings. The number of aromatic amines is 1. The van der Waals surface area contributed by atoms with E-state index < -0.39 is 5.82 Å². The molecule has 1 aliphatic heterocycles. The van der Waals surface area contributed by atoms with Crippen molar-refractivity contribution in [2.45, 2.75) is 12.8 Å². The molecule has 40 heavy (non-hydrogen) atoms. The average Bonchev–Trinajstić information content (AvgIpc) is 3.38. The van der Waals surface area contributed by atoms with Gasteiger partial charge in [-0.3, -0.25) is 9.89 Å². The van der Waals surface area contributed by atoms with Gasteiger partial charge in [0, 0.05) is 61.6 Å². The van der Waals surface area contributed by atoms with Crippen molar-refractivity contribution in [1.82, 2.24) is 30.0 Å². The number of amides is 1. The number of benzene rings is 2. The van der Waals surface area contributed by atoms with Crippen LogP contribution < -0.4 is 20.1 Å². The fraction of sp³-hybridized carbons (Fsp3) is 0.357. The number of fused-ring (bicyclic) bond motifs is 1. The number of carbonyl (C=O) groups is 1. The normalized spacial score (nSPS) is 14.3. The SMILES string of the molecule is COc1cc2c(Nc3cc(CC(=O)Nc4cccc(F)c4)[nH]n3)ncnc2cc1OCCCN1CCN(C)CC1. The van der Waals surface area contributed by atoms with E-state index >= 15 is 0 Å². The summed E-state index contributed by atoms with van der Waals surface area (Å²) in [4.78, 5) is 26.0. The first kappa shape index (κ1) is 27.3. The van der Waals surface area contributed by atoms with Crippen molar-refractivity contribution in [1.29, 1.82) is 0 Å². The van der Waals surface area contributed by atoms with Crippen LogP contribution in [0, 0.1) is 5.82 Å². The van der Waals surface area contributed by atoms with Crippen molar-refractivity contribution in [3.8, 4) is 11.5 Å². The number of nitrogens with one attached hydrogen (secondary N) is 3. The lowest BCUT2D eigenvalue weighted by molar-refractivity contribution is -0.115. The number of anilines is 3. The van der Waals surface area contributed by atoms with E-state index in [-0.39, 0.29) is 12.3 Å². The van der Waals surface area contributed by atoms with Gasteiger partial charge in [-0.15, -0.1) is 0 Å². The molecular weight excluding hydrogens is 515 g/mol. The van der Waals surface area contributed by atoms with E-state index in [0.717, 1.165) is 44.5 Å². The van der Waals surface area contributed by atoms with Crippen molar-refractivity contribution in [2.24, 2.45) is 0 Å². The Kier molecular flexibility index (Phi) is 8.67. The van der Waals surface area contributed by atoms with E-state index in [4.69, 9.17) is 9.47 Å². The molecule has 0 aliphatic carbocycles. The Balaban J connectivity index is 1.20. The zero-order chi connectivity index (χ0) is 27.9. The van der Waals surface area contributed by atoms with Gasteiger partial charge in [-0.25, -0.2) is 14.4 Å². The number of H-pyrrole nitrogens is 1. The minimum Gasteiger partial charge on any atom is -0.493 e. The van der Waals surface area contributed by atoms with Crippen molar-refractivity contribution in [3.05, 3.63) is 60.3 Å². The average molecular weight is 549 g/mol. The van der Waals surface area contributed by atoms with Crippen LogP contribution in [0.1, 0.15) is 12.1 Å². The summed E-state index contributed by atoms with van der Waals surface area (Å²) in [6.07, 6.45) is 2.43. The molecule has 11 nitrogen and oxygen atoms in total. The molecule has 1 fully saturated rings. The van der Waals surface area contributed by atoms with Crippen LogP contribution in [0.5, 0.6) is 11.5 Å². The molecular formula is C28H33FN8O3. The van der Waals surface area contributed by atoms with Gasteiger partial charge in [-0.05, 0) is 37.7 Å². The standard InChI is InChI=1S/C28H33FN8O3/c1-36-8-10-37(11-9-36)7-4-12-40-25-17-23-22(16-24(25)39-2)28(31-18-30-23)33-26-14-21(34-35-26)15-27(38)32-20-6-3-5-19(29)13-20/h3,5-6,13-14,16-18H,4,7-12,15H2,1-2H3,(H,32,38)(H2,30,31,33,34,35). The fourth-order valence-corrected chi connectivity index (χ4v) is 4.56. The van der Waals surface area contributed by atoms with E-state index in [2.05, 4.69) is 47.6 Å². The first-order valence-corrected chi connectivity index (χ1v) is 13.2. The number of nitrogens with zero attached hydrogens (tertiary/aromatic N) is 5. The molecule has 1 amide bonds. The van der Waals surface area contributed by atoms with Gasteiger partial charge in [0.2, 0.25) is 5.91 Å². The zero-order valence-electron chi connectivity index (χ0n) is 22.6. The minimum absolute atomic E-state index is 0.0407. The highest BCUT2D eigenvalue weighted by atomic mass is 19.1. The third-order valence-corrected chi connectivity index (χ3v) is 6.73. The van der Waals surface area contributed by atoms with Crippen LogP contribution in [0.4, 0.5) is 21.7 Å². The van der Waals surface area contributed by atoms with Crippen LogP contribution >= 0.6 is 0 Å². The molecule has 0 unspecified atom stereocenters. The van der Waals surface area contributed by atoms with Gasteiger partial charge in [0.15, 0.2) is 17.3 Å². The zero-order valence-corrected chi connectivity index (χ0v) is 22.6. The quantitative estimate of drug-likeness (QED) is 0.242. The number of likely N-dealkylation sites (N-methyl/N-ethyl adjacent to an activating group) is 1. The van der Waals surface area contributed by atoms with Gasteiger partial charge >= 0.3 is 0 Å². The minimum atomic E-state index is -0.417. The Morgan fingerprint density at radius 1 is 1.10 bits per heavy atom. The molecule has 1 saturated heterocycles. The lowest BCUT2D eigenvalue weighted by Crippen LogP contribution is -2.44. The second kappa shape index (κ2) is 12.7. The second-order valence-corrected chi connectivity index (χ2v) is 9.73. The summed E-state index contributed by atoms with van der Waals surface area (Å²) in [7, 11) is 3.76. The van der Waals surface area contributed by atoms with E-state index in [1.165, 1.54) is 24.5 Å². The second-order valence-electron chi connectivity index (χ2n) is 9.73. The third-order valence-electron chi connectivity index (χ3n) is 6.73. The predicted molar refractivity (Wildman–Crippen MR) is 151 cm³/mol. The van der Waals surface area contributed by atoms with Gasteiger partial charge in [0.1, 0.15) is 18.0 Å². The predicted octanol–water partition coefficient (Wildman–Crippen LogP) is 3.44. The Morgan fingerprint density at radius 2 is 1.95 bits per heavy atom. The molecule has 2 aromatic carbocycles. The van der Waals surface area contributed by atoms with Gasteiger partial charge in [0.25, 0.3) is 0 Å². The summed E-state index contributed by atoms with van der Waals surface area (Å²) in [5.41, 5.74) is 1.67. The molecule has 12 heteroatoms. The molecule has 2 aromatic heterocycles. The number of ether oxygens (including phenoxy) is 2. The monoisotopic (exact) mass is 548 g/mol. The molecule has 0 saturated carbocycles. The maximum absolute atomic E-state index is 13.4. The van der Waals surface area contributed by atoms with Crippen molar-refractivity contribution in [3.63, 3.8) is 0 Å².